The van der Waals surface area contributed by atoms with Crippen molar-refractivity contribution < 1.29 is 14.5 Å². The zero-order valence-electron chi connectivity index (χ0n) is 24.4. The summed E-state index contributed by atoms with van der Waals surface area (Å²) in [5.41, 5.74) is 1.63. The number of nitrogens with zero attached hydrogens (tertiary/aromatic N) is 4. The molecule has 3 aromatic carbocycles. The first-order valence-electron chi connectivity index (χ1n) is 13.8. The van der Waals surface area contributed by atoms with E-state index in [2.05, 4.69) is 0 Å². The standard InChI is InChI=1S/C32H29ClN4O5S2/c1-5-35(6-2)31(39)28-19(3)34-32-36(29(28)23-9-7-8-10-25(23)42-4)30(38)27(44-32)18-20-11-16-26(24(17-20)37(40)41)43-22-14-12-21(33)13-15-22/h7-18,29H,5-6H2,1-4H3/b27-18-/t29-/m0/s1. The van der Waals surface area contributed by atoms with Gasteiger partial charge in [-0.3, -0.25) is 24.3 Å². The van der Waals surface area contributed by atoms with Crippen molar-refractivity contribution in [2.24, 2.45) is 4.99 Å². The Morgan fingerprint density at radius 1 is 1.16 bits per heavy atom. The number of thiazole rings is 1. The Hall–Kier alpha value is -4.19. The molecule has 2 heterocycles. The third-order valence-corrected chi connectivity index (χ3v) is 9.56. The van der Waals surface area contributed by atoms with Gasteiger partial charge in [0.2, 0.25) is 0 Å². The number of likely N-dealkylation sites (N-methyl/N-ethyl adjacent to an activating group) is 1. The molecule has 0 saturated carbocycles. The summed E-state index contributed by atoms with van der Waals surface area (Å²) >= 11 is 8.41. The highest BCUT2D eigenvalue weighted by atomic mass is 35.5. The maximum Gasteiger partial charge on any atom is 0.283 e. The lowest BCUT2D eigenvalue weighted by molar-refractivity contribution is -0.387. The molecule has 0 unspecified atom stereocenters. The molecule has 1 aliphatic rings. The number of rotatable bonds is 9. The zero-order chi connectivity index (χ0) is 31.5. The van der Waals surface area contributed by atoms with Crippen molar-refractivity contribution in [3.05, 3.63) is 124 Å². The highest BCUT2D eigenvalue weighted by molar-refractivity contribution is 7.99. The van der Waals surface area contributed by atoms with E-state index in [4.69, 9.17) is 21.3 Å². The van der Waals surface area contributed by atoms with E-state index >= 15 is 0 Å². The molecule has 0 fully saturated rings. The molecule has 0 saturated heterocycles. The molecule has 1 amide bonds. The molecule has 4 aromatic rings. The van der Waals surface area contributed by atoms with E-state index in [-0.39, 0.29) is 17.2 Å². The van der Waals surface area contributed by atoms with Crippen molar-refractivity contribution >= 4 is 52.4 Å². The van der Waals surface area contributed by atoms with Gasteiger partial charge in [0, 0.05) is 34.6 Å². The minimum atomic E-state index is -0.773. The quantitative estimate of drug-likeness (QED) is 0.167. The summed E-state index contributed by atoms with van der Waals surface area (Å²) < 4.78 is 7.52. The fraction of sp³-hybridized carbons (Fsp3) is 0.219. The first kappa shape index (κ1) is 31.2. The first-order chi connectivity index (χ1) is 21.2. The number of allylic oxidation sites excluding steroid dienone is 1. The molecule has 5 rings (SSSR count). The van der Waals surface area contributed by atoms with Gasteiger partial charge in [0.15, 0.2) is 4.80 Å². The summed E-state index contributed by atoms with van der Waals surface area (Å²) in [6.45, 7) is 6.59. The van der Waals surface area contributed by atoms with Crippen LogP contribution in [0.15, 0.2) is 97.6 Å². The van der Waals surface area contributed by atoms with Crippen LogP contribution in [0.2, 0.25) is 5.02 Å². The second kappa shape index (κ2) is 13.2. The second-order valence-corrected chi connectivity index (χ2v) is 12.4. The van der Waals surface area contributed by atoms with Crippen LogP contribution in [0.1, 0.15) is 37.9 Å². The van der Waals surface area contributed by atoms with E-state index in [0.717, 1.165) is 4.90 Å². The van der Waals surface area contributed by atoms with Crippen molar-refractivity contribution in [1.82, 2.24) is 9.47 Å². The lowest BCUT2D eigenvalue weighted by atomic mass is 9.94. The Balaban J connectivity index is 1.65. The van der Waals surface area contributed by atoms with Crippen molar-refractivity contribution in [2.75, 3.05) is 20.2 Å². The van der Waals surface area contributed by atoms with Crippen LogP contribution in [0.3, 0.4) is 0 Å². The Bertz CT molecular complexity index is 1960. The fourth-order valence-corrected chi connectivity index (χ4v) is 7.17. The molecule has 9 nitrogen and oxygen atoms in total. The van der Waals surface area contributed by atoms with E-state index < -0.39 is 11.0 Å². The van der Waals surface area contributed by atoms with Crippen LogP contribution in [-0.4, -0.2) is 40.5 Å². The number of carbonyl (C=O) groups excluding carboxylic acids is 1. The van der Waals surface area contributed by atoms with Crippen LogP contribution < -0.4 is 19.6 Å². The summed E-state index contributed by atoms with van der Waals surface area (Å²) in [6, 6.07) is 18.4. The summed E-state index contributed by atoms with van der Waals surface area (Å²) in [7, 11) is 1.55. The third kappa shape index (κ3) is 6.08. The first-order valence-corrected chi connectivity index (χ1v) is 15.8. The van der Waals surface area contributed by atoms with Crippen molar-refractivity contribution in [1.29, 1.82) is 0 Å². The number of nitro benzene ring substituents is 1. The van der Waals surface area contributed by atoms with Gasteiger partial charge in [-0.15, -0.1) is 0 Å². The Morgan fingerprint density at radius 3 is 2.52 bits per heavy atom. The number of carbonyl (C=O) groups is 1. The number of hydrogen-bond acceptors (Lipinski definition) is 8. The number of halogens is 1. The number of fused-ring (bicyclic) bond motifs is 1. The number of ether oxygens (including phenoxy) is 1. The molecule has 12 heteroatoms. The molecule has 0 bridgehead atoms. The van der Waals surface area contributed by atoms with Gasteiger partial charge in [0.25, 0.3) is 17.2 Å². The van der Waals surface area contributed by atoms with Gasteiger partial charge in [-0.2, -0.15) is 0 Å². The summed E-state index contributed by atoms with van der Waals surface area (Å²) in [5, 5.41) is 12.6. The molecule has 1 aromatic heterocycles. The zero-order valence-corrected chi connectivity index (χ0v) is 26.8. The monoisotopic (exact) mass is 648 g/mol. The predicted octanol–water partition coefficient (Wildman–Crippen LogP) is 5.83. The van der Waals surface area contributed by atoms with E-state index in [1.807, 2.05) is 32.0 Å². The van der Waals surface area contributed by atoms with Gasteiger partial charge in [-0.1, -0.05) is 59.0 Å². The fourth-order valence-electron chi connectivity index (χ4n) is 5.10. The van der Waals surface area contributed by atoms with Crippen LogP contribution in [-0.2, 0) is 4.79 Å². The van der Waals surface area contributed by atoms with Crippen molar-refractivity contribution in [2.45, 2.75) is 36.6 Å². The number of nitro groups is 1. The normalized spacial score (nSPS) is 14.7. The molecule has 0 radical (unpaired) electrons. The van der Waals surface area contributed by atoms with Gasteiger partial charge in [-0.25, -0.2) is 4.99 Å². The molecule has 1 aliphatic heterocycles. The summed E-state index contributed by atoms with van der Waals surface area (Å²) in [5.74, 6) is 0.335. The Labute approximate surface area is 266 Å². The number of benzene rings is 3. The summed E-state index contributed by atoms with van der Waals surface area (Å²) in [4.78, 5) is 47.6. The molecule has 0 N–H and O–H groups in total. The predicted molar refractivity (Wildman–Crippen MR) is 173 cm³/mol. The van der Waals surface area contributed by atoms with Gasteiger partial charge in [0.05, 0.1) is 32.7 Å². The van der Waals surface area contributed by atoms with Crippen LogP contribution in [0.5, 0.6) is 5.75 Å². The number of methoxy groups -OCH3 is 1. The van der Waals surface area contributed by atoms with Gasteiger partial charge < -0.3 is 9.64 Å². The summed E-state index contributed by atoms with van der Waals surface area (Å²) in [6.07, 6.45) is 1.62. The molecule has 1 atom stereocenters. The maximum absolute atomic E-state index is 14.1. The van der Waals surface area contributed by atoms with Crippen LogP contribution in [0.4, 0.5) is 5.69 Å². The van der Waals surface area contributed by atoms with E-state index in [1.165, 1.54) is 33.7 Å². The van der Waals surface area contributed by atoms with Crippen LogP contribution in [0.25, 0.3) is 6.08 Å². The van der Waals surface area contributed by atoms with Gasteiger partial charge in [-0.05, 0) is 68.8 Å². The van der Waals surface area contributed by atoms with Gasteiger partial charge in [0.1, 0.15) is 11.8 Å². The number of para-hydroxylation sites is 1. The van der Waals surface area contributed by atoms with Crippen molar-refractivity contribution in [3.63, 3.8) is 0 Å². The minimum absolute atomic E-state index is 0.0821. The average molecular weight is 649 g/mol. The molecule has 0 aliphatic carbocycles. The van der Waals surface area contributed by atoms with Gasteiger partial charge >= 0.3 is 0 Å². The largest absolute Gasteiger partial charge is 0.496 e. The highest BCUT2D eigenvalue weighted by Gasteiger charge is 2.35. The Morgan fingerprint density at radius 2 is 1.86 bits per heavy atom. The van der Waals surface area contributed by atoms with Crippen molar-refractivity contribution in [3.8, 4) is 5.75 Å². The lowest BCUT2D eigenvalue weighted by Gasteiger charge is -2.29. The van der Waals surface area contributed by atoms with E-state index in [9.17, 15) is 19.7 Å². The minimum Gasteiger partial charge on any atom is -0.496 e. The molecule has 44 heavy (non-hydrogen) atoms. The SMILES string of the molecule is CCN(CC)C(=O)C1=C(C)N=c2s/c(=C\c3ccc(Sc4ccc(Cl)cc4)c([N+](=O)[O-])c3)c(=O)n2[C@H]1c1ccccc1OC. The molecule has 0 spiro atoms. The number of hydrogen-bond donors (Lipinski definition) is 0. The smallest absolute Gasteiger partial charge is 0.283 e. The average Bonchev–Trinajstić information content (AvgIpc) is 3.32. The maximum atomic E-state index is 14.1. The lowest BCUT2D eigenvalue weighted by Crippen LogP contribution is -2.43. The molecule has 226 valence electrons. The topological polar surface area (TPSA) is 107 Å². The van der Waals surface area contributed by atoms with E-state index in [1.54, 1.807) is 67.5 Å². The second-order valence-electron chi connectivity index (χ2n) is 9.84. The third-order valence-electron chi connectivity index (χ3n) is 7.26. The molecular formula is C32H29ClN4O5S2. The molecular weight excluding hydrogens is 620 g/mol. The van der Waals surface area contributed by atoms with E-state index in [0.29, 0.717) is 60.5 Å². The highest BCUT2D eigenvalue weighted by Crippen LogP contribution is 2.37. The number of amides is 1. The van der Waals surface area contributed by atoms with Crippen LogP contribution >= 0.6 is 34.7 Å². The Kier molecular flexibility index (Phi) is 9.38. The number of aromatic nitrogens is 1. The van der Waals surface area contributed by atoms with Crippen LogP contribution in [0, 0.1) is 10.1 Å².